The average molecular weight is 441 g/mol. The lowest BCUT2D eigenvalue weighted by atomic mass is 9.89. The fourth-order valence-corrected chi connectivity index (χ4v) is 4.14. The number of hydrogen-bond donors (Lipinski definition) is 1. The first-order valence-electron chi connectivity index (χ1n) is 10.2. The number of ether oxygens (including phenoxy) is 3. The number of carbonyl (C=O) groups excluding carboxylic acids is 2. The van der Waals surface area contributed by atoms with E-state index in [0.29, 0.717) is 72.6 Å². The Bertz CT molecular complexity index is 1000. The minimum atomic E-state index is -0.422. The van der Waals surface area contributed by atoms with Crippen molar-refractivity contribution in [3.8, 4) is 11.5 Å². The van der Waals surface area contributed by atoms with Crippen LogP contribution in [-0.4, -0.2) is 55.2 Å². The summed E-state index contributed by atoms with van der Waals surface area (Å²) >= 11 is 5.55. The number of nitrogens with one attached hydrogen (secondary N) is 1. The summed E-state index contributed by atoms with van der Waals surface area (Å²) in [5.41, 5.74) is 1.68. The van der Waals surface area contributed by atoms with Crippen LogP contribution in [0.3, 0.4) is 0 Å². The zero-order valence-electron chi connectivity index (χ0n) is 17.3. The first kappa shape index (κ1) is 21.1. The molecular formula is C23H24N2O5S. The first-order chi connectivity index (χ1) is 15.1. The zero-order chi connectivity index (χ0) is 21.8. The van der Waals surface area contributed by atoms with Crippen LogP contribution in [0.15, 0.2) is 42.5 Å². The predicted molar refractivity (Wildman–Crippen MR) is 120 cm³/mol. The van der Waals surface area contributed by atoms with Crippen molar-refractivity contribution in [3.63, 3.8) is 0 Å². The highest BCUT2D eigenvalue weighted by Gasteiger charge is 2.28. The van der Waals surface area contributed by atoms with Crippen LogP contribution < -0.4 is 14.8 Å². The Kier molecular flexibility index (Phi) is 6.36. The van der Waals surface area contributed by atoms with E-state index in [1.54, 1.807) is 36.4 Å². The van der Waals surface area contributed by atoms with Crippen molar-refractivity contribution in [1.29, 1.82) is 0 Å². The molecule has 0 aliphatic carbocycles. The third kappa shape index (κ3) is 4.64. The van der Waals surface area contributed by atoms with Crippen LogP contribution in [0, 0.1) is 5.92 Å². The minimum absolute atomic E-state index is 0.0658. The van der Waals surface area contributed by atoms with Gasteiger partial charge in [0.15, 0.2) is 22.4 Å². The molecule has 2 aromatic rings. The van der Waals surface area contributed by atoms with E-state index >= 15 is 0 Å². The first-order valence-corrected chi connectivity index (χ1v) is 10.6. The number of Topliss-reactive ketones (excluding diaryl/α,β-unsaturated/α-hetero) is 1. The van der Waals surface area contributed by atoms with Crippen molar-refractivity contribution in [1.82, 2.24) is 4.90 Å². The van der Waals surface area contributed by atoms with E-state index in [1.807, 2.05) is 11.0 Å². The Morgan fingerprint density at radius 2 is 1.77 bits per heavy atom. The van der Waals surface area contributed by atoms with Crippen molar-refractivity contribution in [2.75, 3.05) is 38.7 Å². The summed E-state index contributed by atoms with van der Waals surface area (Å²) in [6.45, 7) is 2.34. The van der Waals surface area contributed by atoms with Gasteiger partial charge in [0.05, 0.1) is 18.4 Å². The van der Waals surface area contributed by atoms with Gasteiger partial charge in [0.1, 0.15) is 13.2 Å². The number of benzene rings is 2. The maximum absolute atomic E-state index is 13.0. The maximum atomic E-state index is 13.0. The summed E-state index contributed by atoms with van der Waals surface area (Å²) in [5, 5.41) is 3.68. The number of ketones is 1. The van der Waals surface area contributed by atoms with Crippen LogP contribution in [0.1, 0.15) is 33.6 Å². The summed E-state index contributed by atoms with van der Waals surface area (Å²) in [6, 6.07) is 12.5. The van der Waals surface area contributed by atoms with Crippen LogP contribution in [0.2, 0.25) is 0 Å². The fourth-order valence-electron chi connectivity index (χ4n) is 3.85. The SMILES string of the molecule is COC(=O)c1ccccc1NC(=S)N1CCC(C(=O)c2ccc3c(c2)OCCO3)CC1. The van der Waals surface area contributed by atoms with Crippen molar-refractivity contribution in [3.05, 3.63) is 53.6 Å². The van der Waals surface area contributed by atoms with Gasteiger partial charge in [0.2, 0.25) is 0 Å². The highest BCUT2D eigenvalue weighted by molar-refractivity contribution is 7.80. The van der Waals surface area contributed by atoms with Crippen LogP contribution in [0.4, 0.5) is 5.69 Å². The third-order valence-corrected chi connectivity index (χ3v) is 5.91. The zero-order valence-corrected chi connectivity index (χ0v) is 18.1. The smallest absolute Gasteiger partial charge is 0.339 e. The molecule has 31 heavy (non-hydrogen) atoms. The molecule has 2 heterocycles. The number of fused-ring (bicyclic) bond motifs is 1. The molecule has 0 atom stereocenters. The molecule has 0 spiro atoms. The average Bonchev–Trinajstić information content (AvgIpc) is 2.83. The number of methoxy groups -OCH3 is 1. The Labute approximate surface area is 186 Å². The summed E-state index contributed by atoms with van der Waals surface area (Å²) in [5.74, 6) is 0.940. The number of nitrogens with zero attached hydrogens (tertiary/aromatic N) is 1. The molecule has 8 heteroatoms. The van der Waals surface area contributed by atoms with Gasteiger partial charge in [-0.15, -0.1) is 0 Å². The number of carbonyl (C=O) groups is 2. The Balaban J connectivity index is 1.36. The summed E-state index contributed by atoms with van der Waals surface area (Å²) in [4.78, 5) is 27.0. The maximum Gasteiger partial charge on any atom is 0.339 e. The molecule has 0 unspecified atom stereocenters. The van der Waals surface area contributed by atoms with Gasteiger partial charge < -0.3 is 24.4 Å². The van der Waals surface area contributed by atoms with E-state index in [0.717, 1.165) is 0 Å². The van der Waals surface area contributed by atoms with Gasteiger partial charge in [0, 0.05) is 24.6 Å². The largest absolute Gasteiger partial charge is 0.486 e. The van der Waals surface area contributed by atoms with Crippen molar-refractivity contribution < 1.29 is 23.8 Å². The van der Waals surface area contributed by atoms with Gasteiger partial charge >= 0.3 is 5.97 Å². The second-order valence-corrected chi connectivity index (χ2v) is 7.84. The molecule has 2 aliphatic rings. The van der Waals surface area contributed by atoms with Crippen LogP contribution >= 0.6 is 12.2 Å². The lowest BCUT2D eigenvalue weighted by Crippen LogP contribution is -2.42. The van der Waals surface area contributed by atoms with E-state index in [-0.39, 0.29) is 11.7 Å². The Morgan fingerprint density at radius 1 is 1.06 bits per heavy atom. The third-order valence-electron chi connectivity index (χ3n) is 5.55. The van der Waals surface area contributed by atoms with E-state index in [4.69, 9.17) is 26.4 Å². The number of rotatable bonds is 4. The number of piperidine rings is 1. The topological polar surface area (TPSA) is 77.1 Å². The van der Waals surface area contributed by atoms with Crippen LogP contribution in [0.25, 0.3) is 0 Å². The number of para-hydroxylation sites is 1. The highest BCUT2D eigenvalue weighted by atomic mass is 32.1. The molecule has 2 aromatic carbocycles. The fraction of sp³-hybridized carbons (Fsp3) is 0.348. The molecule has 7 nitrogen and oxygen atoms in total. The monoisotopic (exact) mass is 440 g/mol. The summed E-state index contributed by atoms with van der Waals surface area (Å²) in [6.07, 6.45) is 1.40. The molecule has 1 N–H and O–H groups in total. The quantitative estimate of drug-likeness (QED) is 0.440. The minimum Gasteiger partial charge on any atom is -0.486 e. The lowest BCUT2D eigenvalue weighted by molar-refractivity contribution is 0.0601. The standard InChI is InChI=1S/C23H24N2O5S/c1-28-22(27)17-4-2-3-5-18(17)24-23(31)25-10-8-15(9-11-25)21(26)16-6-7-19-20(14-16)30-13-12-29-19/h2-7,14-15H,8-13H2,1H3,(H,24,31). The van der Waals surface area contributed by atoms with Gasteiger partial charge in [-0.05, 0) is 55.4 Å². The summed E-state index contributed by atoms with van der Waals surface area (Å²) in [7, 11) is 1.35. The van der Waals surface area contributed by atoms with Gasteiger partial charge in [-0.3, -0.25) is 4.79 Å². The van der Waals surface area contributed by atoms with Crippen LogP contribution in [0.5, 0.6) is 11.5 Å². The number of hydrogen-bond acceptors (Lipinski definition) is 6. The molecular weight excluding hydrogens is 416 g/mol. The van der Waals surface area contributed by atoms with E-state index < -0.39 is 5.97 Å². The molecule has 0 saturated carbocycles. The van der Waals surface area contributed by atoms with Gasteiger partial charge in [-0.2, -0.15) is 0 Å². The van der Waals surface area contributed by atoms with Gasteiger partial charge in [0.25, 0.3) is 0 Å². The Morgan fingerprint density at radius 3 is 2.52 bits per heavy atom. The normalized spacial score (nSPS) is 15.8. The van der Waals surface area contributed by atoms with Gasteiger partial charge in [-0.25, -0.2) is 4.79 Å². The molecule has 162 valence electrons. The molecule has 0 bridgehead atoms. The second kappa shape index (κ2) is 9.34. The predicted octanol–water partition coefficient (Wildman–Crippen LogP) is 3.54. The number of anilines is 1. The molecule has 4 rings (SSSR count). The molecule has 0 amide bonds. The highest BCUT2D eigenvalue weighted by Crippen LogP contribution is 2.32. The van der Waals surface area contributed by atoms with E-state index in [1.165, 1.54) is 7.11 Å². The molecule has 1 saturated heterocycles. The molecule has 1 fully saturated rings. The van der Waals surface area contributed by atoms with Gasteiger partial charge in [-0.1, -0.05) is 12.1 Å². The Hall–Kier alpha value is -3.13. The van der Waals surface area contributed by atoms with Crippen LogP contribution in [-0.2, 0) is 4.74 Å². The molecule has 0 radical (unpaired) electrons. The summed E-state index contributed by atoms with van der Waals surface area (Å²) < 4.78 is 16.0. The van der Waals surface area contributed by atoms with Crippen molar-refractivity contribution in [2.45, 2.75) is 12.8 Å². The van der Waals surface area contributed by atoms with E-state index in [9.17, 15) is 9.59 Å². The molecule has 2 aliphatic heterocycles. The van der Waals surface area contributed by atoms with E-state index in [2.05, 4.69) is 5.32 Å². The van der Waals surface area contributed by atoms with Crippen molar-refractivity contribution >= 4 is 34.8 Å². The number of esters is 1. The number of thiocarbonyl (C=S) groups is 1. The second-order valence-electron chi connectivity index (χ2n) is 7.45. The molecule has 0 aromatic heterocycles. The number of likely N-dealkylation sites (tertiary alicyclic amines) is 1. The lowest BCUT2D eigenvalue weighted by Gasteiger charge is -2.33. The van der Waals surface area contributed by atoms with Crippen molar-refractivity contribution in [2.24, 2.45) is 5.92 Å².